The first-order valence-corrected chi connectivity index (χ1v) is 7.85. The number of rotatable bonds is 3. The number of aromatic hydroxyl groups is 1. The topological polar surface area (TPSA) is 76.3 Å². The van der Waals surface area contributed by atoms with E-state index >= 15 is 0 Å². The first-order chi connectivity index (χ1) is 10.5. The highest BCUT2D eigenvalue weighted by Crippen LogP contribution is 2.28. The van der Waals surface area contributed by atoms with Crippen LogP contribution < -0.4 is 0 Å². The SMILES string of the molecule is O=[N+]([O-])c1ccc2nc(/C=C/c3ccc(O)c(Br)c3)sc2c1. The number of fused-ring (bicyclic) bond motifs is 1. The summed E-state index contributed by atoms with van der Waals surface area (Å²) >= 11 is 4.65. The van der Waals surface area contributed by atoms with Crippen LogP contribution in [0.2, 0.25) is 0 Å². The molecule has 0 radical (unpaired) electrons. The Labute approximate surface area is 137 Å². The number of phenols is 1. The lowest BCUT2D eigenvalue weighted by molar-refractivity contribution is -0.384. The van der Waals surface area contributed by atoms with Gasteiger partial charge in [-0.2, -0.15) is 0 Å². The van der Waals surface area contributed by atoms with Crippen molar-refractivity contribution < 1.29 is 10.0 Å². The molecule has 0 saturated carbocycles. The number of thiazole rings is 1. The highest BCUT2D eigenvalue weighted by molar-refractivity contribution is 9.10. The second-order valence-corrected chi connectivity index (χ2v) is 6.42. The van der Waals surface area contributed by atoms with E-state index in [0.29, 0.717) is 4.47 Å². The van der Waals surface area contributed by atoms with Crippen molar-refractivity contribution in [2.45, 2.75) is 0 Å². The summed E-state index contributed by atoms with van der Waals surface area (Å²) in [4.78, 5) is 14.8. The summed E-state index contributed by atoms with van der Waals surface area (Å²) in [6.45, 7) is 0. The highest BCUT2D eigenvalue weighted by Gasteiger charge is 2.09. The lowest BCUT2D eigenvalue weighted by atomic mass is 10.2. The normalized spacial score (nSPS) is 11.3. The van der Waals surface area contributed by atoms with Crippen molar-refractivity contribution in [3.63, 3.8) is 0 Å². The van der Waals surface area contributed by atoms with E-state index in [1.165, 1.54) is 23.5 Å². The molecule has 1 heterocycles. The van der Waals surface area contributed by atoms with E-state index in [0.717, 1.165) is 20.8 Å². The fourth-order valence-electron chi connectivity index (χ4n) is 1.91. The van der Waals surface area contributed by atoms with Gasteiger partial charge in [0.2, 0.25) is 0 Å². The zero-order chi connectivity index (χ0) is 15.7. The minimum absolute atomic E-state index is 0.0640. The molecule has 110 valence electrons. The molecule has 0 fully saturated rings. The molecule has 0 atom stereocenters. The Kier molecular flexibility index (Phi) is 3.91. The van der Waals surface area contributed by atoms with Gasteiger partial charge in [0.25, 0.3) is 5.69 Å². The van der Waals surface area contributed by atoms with Gasteiger partial charge in [-0.1, -0.05) is 12.1 Å². The summed E-state index contributed by atoms with van der Waals surface area (Å²) in [5.74, 6) is 0.185. The summed E-state index contributed by atoms with van der Waals surface area (Å²) in [7, 11) is 0. The Hall–Kier alpha value is -2.25. The number of non-ortho nitro benzene ring substituents is 1. The summed E-state index contributed by atoms with van der Waals surface area (Å²) in [5.41, 5.74) is 1.71. The minimum Gasteiger partial charge on any atom is -0.507 e. The van der Waals surface area contributed by atoms with Gasteiger partial charge in [0, 0.05) is 12.1 Å². The summed E-state index contributed by atoms with van der Waals surface area (Å²) in [6, 6.07) is 9.82. The standard InChI is InChI=1S/C15H9BrN2O3S/c16-11-7-9(1-5-13(11)19)2-6-15-17-12-4-3-10(18(20)21)8-14(12)22-15/h1-8,19H/b6-2+. The minimum atomic E-state index is -0.414. The van der Waals surface area contributed by atoms with Gasteiger partial charge in [-0.25, -0.2) is 4.98 Å². The van der Waals surface area contributed by atoms with Gasteiger partial charge in [0.15, 0.2) is 0 Å². The summed E-state index contributed by atoms with van der Waals surface area (Å²) < 4.78 is 1.40. The fourth-order valence-corrected chi connectivity index (χ4v) is 3.21. The third-order valence-electron chi connectivity index (χ3n) is 2.99. The number of halogens is 1. The van der Waals surface area contributed by atoms with Gasteiger partial charge in [0.1, 0.15) is 10.8 Å². The summed E-state index contributed by atoms with van der Waals surface area (Å²) in [5, 5.41) is 21.0. The zero-order valence-electron chi connectivity index (χ0n) is 11.1. The average Bonchev–Trinajstić information content (AvgIpc) is 2.90. The Bertz CT molecular complexity index is 905. The molecule has 0 saturated heterocycles. The maximum absolute atomic E-state index is 10.8. The van der Waals surface area contributed by atoms with Gasteiger partial charge in [0.05, 0.1) is 19.6 Å². The van der Waals surface area contributed by atoms with Crippen molar-refractivity contribution in [1.82, 2.24) is 4.98 Å². The van der Waals surface area contributed by atoms with Crippen LogP contribution in [-0.4, -0.2) is 15.0 Å². The molecule has 0 unspecified atom stereocenters. The van der Waals surface area contributed by atoms with Crippen LogP contribution in [0.4, 0.5) is 5.69 Å². The van der Waals surface area contributed by atoms with Crippen LogP contribution in [0.1, 0.15) is 10.6 Å². The molecule has 0 aliphatic carbocycles. The van der Waals surface area contributed by atoms with E-state index < -0.39 is 4.92 Å². The molecule has 0 bridgehead atoms. The number of hydrogen-bond acceptors (Lipinski definition) is 5. The van der Waals surface area contributed by atoms with E-state index in [1.807, 2.05) is 12.2 Å². The van der Waals surface area contributed by atoms with Crippen molar-refractivity contribution in [2.75, 3.05) is 0 Å². The van der Waals surface area contributed by atoms with Crippen molar-refractivity contribution in [3.8, 4) is 5.75 Å². The van der Waals surface area contributed by atoms with Crippen LogP contribution >= 0.6 is 27.3 Å². The van der Waals surface area contributed by atoms with Gasteiger partial charge >= 0.3 is 0 Å². The van der Waals surface area contributed by atoms with Crippen molar-refractivity contribution in [2.24, 2.45) is 0 Å². The van der Waals surface area contributed by atoms with E-state index in [9.17, 15) is 15.2 Å². The Morgan fingerprint density at radius 2 is 2.05 bits per heavy atom. The van der Waals surface area contributed by atoms with Gasteiger partial charge in [-0.3, -0.25) is 10.1 Å². The maximum Gasteiger partial charge on any atom is 0.270 e. The second-order valence-electron chi connectivity index (χ2n) is 4.51. The number of phenolic OH excluding ortho intramolecular Hbond substituents is 1. The van der Waals surface area contributed by atoms with Gasteiger partial charge in [-0.15, -0.1) is 11.3 Å². The molecule has 3 rings (SSSR count). The van der Waals surface area contributed by atoms with Crippen LogP contribution in [-0.2, 0) is 0 Å². The number of hydrogen-bond donors (Lipinski definition) is 1. The first kappa shape index (κ1) is 14.7. The predicted octanol–water partition coefficient (Wildman–Crippen LogP) is 4.84. The Morgan fingerprint density at radius 1 is 1.23 bits per heavy atom. The third-order valence-corrected chi connectivity index (χ3v) is 4.61. The second kappa shape index (κ2) is 5.86. The van der Waals surface area contributed by atoms with Crippen molar-refractivity contribution in [3.05, 3.63) is 61.6 Å². The maximum atomic E-state index is 10.8. The van der Waals surface area contributed by atoms with Crippen molar-refractivity contribution in [1.29, 1.82) is 0 Å². The molecule has 22 heavy (non-hydrogen) atoms. The number of nitrogens with zero attached hydrogens (tertiary/aromatic N) is 2. The lowest BCUT2D eigenvalue weighted by Gasteiger charge is -1.97. The smallest absolute Gasteiger partial charge is 0.270 e. The molecule has 0 amide bonds. The molecule has 0 aliphatic heterocycles. The predicted molar refractivity (Wildman–Crippen MR) is 91.0 cm³/mol. The van der Waals surface area contributed by atoms with Crippen LogP contribution in [0.3, 0.4) is 0 Å². The molecule has 7 heteroatoms. The van der Waals surface area contributed by atoms with E-state index in [-0.39, 0.29) is 11.4 Å². The number of benzene rings is 2. The number of nitro groups is 1. The van der Waals surface area contributed by atoms with Crippen LogP contribution in [0.15, 0.2) is 40.9 Å². The van der Waals surface area contributed by atoms with Gasteiger partial charge in [-0.05, 0) is 45.8 Å². The monoisotopic (exact) mass is 376 g/mol. The molecule has 0 spiro atoms. The van der Waals surface area contributed by atoms with Crippen LogP contribution in [0.25, 0.3) is 22.4 Å². The van der Waals surface area contributed by atoms with E-state index in [2.05, 4.69) is 20.9 Å². The number of nitro benzene ring substituents is 1. The van der Waals surface area contributed by atoms with E-state index in [4.69, 9.17) is 0 Å². The lowest BCUT2D eigenvalue weighted by Crippen LogP contribution is -1.85. The Balaban J connectivity index is 1.91. The third kappa shape index (κ3) is 3.00. The fraction of sp³-hybridized carbons (Fsp3) is 0. The summed E-state index contributed by atoms with van der Waals surface area (Å²) in [6.07, 6.45) is 3.71. The molecular formula is C15H9BrN2O3S. The zero-order valence-corrected chi connectivity index (χ0v) is 13.5. The average molecular weight is 377 g/mol. The van der Waals surface area contributed by atoms with Crippen LogP contribution in [0, 0.1) is 10.1 Å². The molecule has 1 aromatic heterocycles. The molecule has 1 N–H and O–H groups in total. The number of aromatic nitrogens is 1. The van der Waals surface area contributed by atoms with Crippen LogP contribution in [0.5, 0.6) is 5.75 Å². The highest BCUT2D eigenvalue weighted by atomic mass is 79.9. The molecule has 2 aromatic carbocycles. The Morgan fingerprint density at radius 3 is 2.77 bits per heavy atom. The quantitative estimate of drug-likeness (QED) is 0.523. The molecule has 5 nitrogen and oxygen atoms in total. The molecular weight excluding hydrogens is 368 g/mol. The van der Waals surface area contributed by atoms with E-state index in [1.54, 1.807) is 24.3 Å². The molecule has 0 aliphatic rings. The van der Waals surface area contributed by atoms with Crippen molar-refractivity contribution >= 4 is 55.3 Å². The van der Waals surface area contributed by atoms with Gasteiger partial charge < -0.3 is 5.11 Å². The first-order valence-electron chi connectivity index (χ1n) is 6.24. The molecule has 3 aromatic rings. The largest absolute Gasteiger partial charge is 0.507 e.